The molecule has 7 heteroatoms. The molecule has 1 aliphatic rings. The van der Waals surface area contributed by atoms with Crippen molar-refractivity contribution in [2.24, 2.45) is 0 Å². The molecular weight excluding hydrogens is 308 g/mol. The summed E-state index contributed by atoms with van der Waals surface area (Å²) in [7, 11) is 0. The largest absolute Gasteiger partial charge is 0.355 e. The lowest BCUT2D eigenvalue weighted by atomic mass is 10.1. The van der Waals surface area contributed by atoms with E-state index in [-0.39, 0.29) is 17.7 Å². The topological polar surface area (TPSA) is 81.8 Å². The Labute approximate surface area is 142 Å². The summed E-state index contributed by atoms with van der Waals surface area (Å²) in [6, 6.07) is 6.88. The first-order chi connectivity index (χ1) is 11.5. The van der Waals surface area contributed by atoms with Gasteiger partial charge in [0.2, 0.25) is 11.8 Å². The monoisotopic (exact) mass is 332 g/mol. The summed E-state index contributed by atoms with van der Waals surface area (Å²) in [6.45, 7) is 6.93. The summed E-state index contributed by atoms with van der Waals surface area (Å²) < 4.78 is 0. The standard InChI is InChI=1S/C17H24N4O3/c1-3-18-16(23)12-20-8-10-21(11-9-20)17(24)14-4-6-15(7-5-14)19-13(2)22/h4-7H,3,8-12H2,1-2H3,(H,18,23)(H,19,22). The van der Waals surface area contributed by atoms with Crippen LogP contribution < -0.4 is 10.6 Å². The highest BCUT2D eigenvalue weighted by Gasteiger charge is 2.23. The van der Waals surface area contributed by atoms with Gasteiger partial charge in [0.1, 0.15) is 0 Å². The number of anilines is 1. The maximum Gasteiger partial charge on any atom is 0.253 e. The van der Waals surface area contributed by atoms with Crippen LogP contribution in [0.3, 0.4) is 0 Å². The maximum absolute atomic E-state index is 12.5. The minimum atomic E-state index is -0.141. The zero-order valence-electron chi connectivity index (χ0n) is 14.2. The second kappa shape index (κ2) is 8.44. The highest BCUT2D eigenvalue weighted by Crippen LogP contribution is 2.13. The van der Waals surface area contributed by atoms with E-state index in [9.17, 15) is 14.4 Å². The van der Waals surface area contributed by atoms with Gasteiger partial charge in [-0.25, -0.2) is 0 Å². The lowest BCUT2D eigenvalue weighted by molar-refractivity contribution is -0.122. The van der Waals surface area contributed by atoms with Crippen LogP contribution in [0, 0.1) is 0 Å². The third-order valence-corrected chi connectivity index (χ3v) is 3.85. The number of nitrogens with zero attached hydrogens (tertiary/aromatic N) is 2. The van der Waals surface area contributed by atoms with E-state index in [1.807, 2.05) is 6.92 Å². The molecule has 24 heavy (non-hydrogen) atoms. The van der Waals surface area contributed by atoms with Crippen molar-refractivity contribution in [2.75, 3.05) is 44.6 Å². The zero-order valence-corrected chi connectivity index (χ0v) is 14.2. The SMILES string of the molecule is CCNC(=O)CN1CCN(C(=O)c2ccc(NC(C)=O)cc2)CC1. The highest BCUT2D eigenvalue weighted by molar-refractivity contribution is 5.95. The van der Waals surface area contributed by atoms with Crippen molar-refractivity contribution in [3.8, 4) is 0 Å². The van der Waals surface area contributed by atoms with Gasteiger partial charge < -0.3 is 15.5 Å². The molecular formula is C17H24N4O3. The van der Waals surface area contributed by atoms with Crippen LogP contribution in [-0.4, -0.2) is 66.8 Å². The van der Waals surface area contributed by atoms with E-state index in [4.69, 9.17) is 0 Å². The second-order valence-corrected chi connectivity index (χ2v) is 5.78. The molecule has 3 amide bonds. The fourth-order valence-electron chi connectivity index (χ4n) is 2.65. The van der Waals surface area contributed by atoms with Crippen molar-refractivity contribution in [3.63, 3.8) is 0 Å². The maximum atomic E-state index is 12.5. The summed E-state index contributed by atoms with van der Waals surface area (Å²) >= 11 is 0. The zero-order chi connectivity index (χ0) is 17.5. The average molecular weight is 332 g/mol. The molecule has 0 aromatic heterocycles. The Balaban J connectivity index is 1.86. The average Bonchev–Trinajstić information content (AvgIpc) is 2.55. The van der Waals surface area contributed by atoms with E-state index in [0.29, 0.717) is 50.5 Å². The second-order valence-electron chi connectivity index (χ2n) is 5.78. The number of hydrogen-bond acceptors (Lipinski definition) is 4. The molecule has 0 aliphatic carbocycles. The molecule has 1 aliphatic heterocycles. The minimum Gasteiger partial charge on any atom is -0.355 e. The molecule has 0 saturated carbocycles. The fraction of sp³-hybridized carbons (Fsp3) is 0.471. The number of nitrogens with one attached hydrogen (secondary N) is 2. The van der Waals surface area contributed by atoms with Gasteiger partial charge in [-0.3, -0.25) is 19.3 Å². The third kappa shape index (κ3) is 5.06. The number of benzene rings is 1. The normalized spacial score (nSPS) is 15.0. The first-order valence-electron chi connectivity index (χ1n) is 8.15. The molecule has 2 N–H and O–H groups in total. The predicted molar refractivity (Wildman–Crippen MR) is 91.8 cm³/mol. The Morgan fingerprint density at radius 2 is 1.67 bits per heavy atom. The van der Waals surface area contributed by atoms with Crippen molar-refractivity contribution in [1.82, 2.24) is 15.1 Å². The Morgan fingerprint density at radius 1 is 1.04 bits per heavy atom. The van der Waals surface area contributed by atoms with Crippen LogP contribution in [0.2, 0.25) is 0 Å². The summed E-state index contributed by atoms with van der Waals surface area (Å²) in [5.41, 5.74) is 1.27. The molecule has 0 radical (unpaired) electrons. The van der Waals surface area contributed by atoms with Crippen LogP contribution in [0.1, 0.15) is 24.2 Å². The first kappa shape index (κ1) is 17.9. The van der Waals surface area contributed by atoms with E-state index in [1.165, 1.54) is 6.92 Å². The third-order valence-electron chi connectivity index (χ3n) is 3.85. The van der Waals surface area contributed by atoms with Gasteiger partial charge in [-0.05, 0) is 31.2 Å². The molecule has 0 unspecified atom stereocenters. The minimum absolute atomic E-state index is 0.0193. The van der Waals surface area contributed by atoms with Gasteiger partial charge in [0, 0.05) is 50.9 Å². The molecule has 1 heterocycles. The van der Waals surface area contributed by atoms with Crippen LogP contribution in [0.25, 0.3) is 0 Å². The van der Waals surface area contributed by atoms with Gasteiger partial charge >= 0.3 is 0 Å². The molecule has 1 saturated heterocycles. The number of carbonyl (C=O) groups excluding carboxylic acids is 3. The summed E-state index contributed by atoms with van der Waals surface area (Å²) in [6.07, 6.45) is 0. The molecule has 2 rings (SSSR count). The van der Waals surface area contributed by atoms with Gasteiger partial charge in [0.05, 0.1) is 6.54 Å². The molecule has 1 aromatic rings. The summed E-state index contributed by atoms with van der Waals surface area (Å²) in [5.74, 6) is -0.148. The van der Waals surface area contributed by atoms with Crippen molar-refractivity contribution in [2.45, 2.75) is 13.8 Å². The lowest BCUT2D eigenvalue weighted by Gasteiger charge is -2.34. The molecule has 0 bridgehead atoms. The van der Waals surface area contributed by atoms with Crippen LogP contribution in [0.15, 0.2) is 24.3 Å². The van der Waals surface area contributed by atoms with Crippen molar-refractivity contribution >= 4 is 23.4 Å². The molecule has 0 atom stereocenters. The first-order valence-corrected chi connectivity index (χ1v) is 8.15. The quantitative estimate of drug-likeness (QED) is 0.824. The Bertz CT molecular complexity index is 592. The predicted octanol–water partition coefficient (Wildman–Crippen LogP) is 0.539. The van der Waals surface area contributed by atoms with Crippen LogP contribution in [-0.2, 0) is 9.59 Å². The number of likely N-dealkylation sites (N-methyl/N-ethyl adjacent to an activating group) is 1. The van der Waals surface area contributed by atoms with E-state index >= 15 is 0 Å². The fourth-order valence-corrected chi connectivity index (χ4v) is 2.65. The highest BCUT2D eigenvalue weighted by atomic mass is 16.2. The number of carbonyl (C=O) groups is 3. The van der Waals surface area contributed by atoms with Crippen LogP contribution >= 0.6 is 0 Å². The number of amides is 3. The molecule has 7 nitrogen and oxygen atoms in total. The Hall–Kier alpha value is -2.41. The van der Waals surface area contributed by atoms with Gasteiger partial charge in [-0.2, -0.15) is 0 Å². The van der Waals surface area contributed by atoms with Crippen molar-refractivity contribution in [1.29, 1.82) is 0 Å². The Morgan fingerprint density at radius 3 is 2.21 bits per heavy atom. The Kier molecular flexibility index (Phi) is 6.31. The molecule has 1 fully saturated rings. The molecule has 1 aromatic carbocycles. The summed E-state index contributed by atoms with van der Waals surface area (Å²) in [5, 5.41) is 5.46. The van der Waals surface area contributed by atoms with Gasteiger partial charge in [-0.1, -0.05) is 0 Å². The van der Waals surface area contributed by atoms with Crippen LogP contribution in [0.5, 0.6) is 0 Å². The van der Waals surface area contributed by atoms with Gasteiger partial charge in [-0.15, -0.1) is 0 Å². The van der Waals surface area contributed by atoms with Crippen molar-refractivity contribution in [3.05, 3.63) is 29.8 Å². The molecule has 130 valence electrons. The lowest BCUT2D eigenvalue weighted by Crippen LogP contribution is -2.51. The van der Waals surface area contributed by atoms with E-state index in [2.05, 4.69) is 15.5 Å². The van der Waals surface area contributed by atoms with Crippen LogP contribution in [0.4, 0.5) is 5.69 Å². The van der Waals surface area contributed by atoms with E-state index in [0.717, 1.165) is 0 Å². The smallest absolute Gasteiger partial charge is 0.253 e. The van der Waals surface area contributed by atoms with Gasteiger partial charge in [0.25, 0.3) is 5.91 Å². The van der Waals surface area contributed by atoms with Crippen molar-refractivity contribution < 1.29 is 14.4 Å². The molecule has 0 spiro atoms. The van der Waals surface area contributed by atoms with E-state index < -0.39 is 0 Å². The van der Waals surface area contributed by atoms with E-state index in [1.54, 1.807) is 29.2 Å². The number of piperazine rings is 1. The number of rotatable bonds is 5. The van der Waals surface area contributed by atoms with Gasteiger partial charge in [0.15, 0.2) is 0 Å². The summed E-state index contributed by atoms with van der Waals surface area (Å²) in [4.78, 5) is 39.0. The number of hydrogen-bond donors (Lipinski definition) is 2.